The molecule has 0 spiro atoms. The second kappa shape index (κ2) is 13.5. The fourth-order valence-electron chi connectivity index (χ4n) is 1.27. The lowest BCUT2D eigenvalue weighted by molar-refractivity contribution is 0.339. The molecule has 0 atom stereocenters. The van der Waals surface area contributed by atoms with E-state index < -0.39 is 0 Å². The minimum absolute atomic E-state index is 0.415. The highest BCUT2D eigenvalue weighted by Gasteiger charge is 2.15. The van der Waals surface area contributed by atoms with Crippen molar-refractivity contribution < 1.29 is 0 Å². The molecule has 0 heterocycles. The van der Waals surface area contributed by atoms with Gasteiger partial charge in [-0.25, -0.2) is 0 Å². The summed E-state index contributed by atoms with van der Waals surface area (Å²) in [6, 6.07) is 0. The van der Waals surface area contributed by atoms with Crippen molar-refractivity contribution in [3.05, 3.63) is 23.8 Å². The van der Waals surface area contributed by atoms with Gasteiger partial charge in [0.05, 0.1) is 0 Å². The second-order valence-electron chi connectivity index (χ2n) is 4.94. The molecule has 0 unspecified atom stereocenters. The number of rotatable bonds is 5. The maximum atomic E-state index is 3.80. The van der Waals surface area contributed by atoms with E-state index >= 15 is 0 Å². The second-order valence-corrected chi connectivity index (χ2v) is 4.94. The Morgan fingerprint density at radius 3 is 1.71 bits per heavy atom. The normalized spacial score (nSPS) is 9.24. The summed E-state index contributed by atoms with van der Waals surface area (Å²) in [5.74, 6) is 0. The van der Waals surface area contributed by atoms with Gasteiger partial charge in [0.2, 0.25) is 0 Å². The molecule has 17 heavy (non-hydrogen) atoms. The topological polar surface area (TPSA) is 0 Å². The first-order valence-corrected chi connectivity index (χ1v) is 7.13. The summed E-state index contributed by atoms with van der Waals surface area (Å²) in [5.41, 5.74) is 3.42. The third kappa shape index (κ3) is 15.5. The van der Waals surface area contributed by atoms with E-state index in [-0.39, 0.29) is 0 Å². The van der Waals surface area contributed by atoms with Gasteiger partial charge < -0.3 is 0 Å². The van der Waals surface area contributed by atoms with Crippen molar-refractivity contribution in [2.24, 2.45) is 5.41 Å². The van der Waals surface area contributed by atoms with Crippen molar-refractivity contribution in [3.8, 4) is 0 Å². The predicted molar refractivity (Wildman–Crippen MR) is 84.6 cm³/mol. The highest BCUT2D eigenvalue weighted by molar-refractivity contribution is 5.06. The lowest BCUT2D eigenvalue weighted by atomic mass is 9.83. The number of allylic oxidation sites excluding steroid dienone is 3. The van der Waals surface area contributed by atoms with Crippen molar-refractivity contribution in [1.29, 1.82) is 0 Å². The van der Waals surface area contributed by atoms with Crippen LogP contribution < -0.4 is 0 Å². The molecule has 0 fully saturated rings. The molecule has 0 radical (unpaired) electrons. The van der Waals surface area contributed by atoms with Crippen molar-refractivity contribution in [2.45, 2.75) is 81.6 Å². The van der Waals surface area contributed by atoms with E-state index in [1.54, 1.807) is 0 Å². The van der Waals surface area contributed by atoms with Crippen LogP contribution in [0.4, 0.5) is 0 Å². The Kier molecular flexibility index (Phi) is 17.3. The fraction of sp³-hybridized carbons (Fsp3) is 0.765. The van der Waals surface area contributed by atoms with Crippen LogP contribution in [0.5, 0.6) is 0 Å². The first-order valence-electron chi connectivity index (χ1n) is 7.13. The Bertz CT molecular complexity index is 190. The summed E-state index contributed by atoms with van der Waals surface area (Å²) >= 11 is 0. The summed E-state index contributed by atoms with van der Waals surface area (Å²) < 4.78 is 0. The molecule has 0 N–H and O–H groups in total. The minimum Gasteiger partial charge on any atom is -0.103 e. The van der Waals surface area contributed by atoms with Gasteiger partial charge in [0.1, 0.15) is 0 Å². The van der Waals surface area contributed by atoms with Crippen molar-refractivity contribution in [2.75, 3.05) is 0 Å². The lowest BCUT2D eigenvalue weighted by Crippen LogP contribution is -2.09. The van der Waals surface area contributed by atoms with Gasteiger partial charge in [-0.15, -0.1) is 6.58 Å². The van der Waals surface area contributed by atoms with Gasteiger partial charge in [0, 0.05) is 0 Å². The van der Waals surface area contributed by atoms with E-state index in [1.807, 2.05) is 33.8 Å². The smallest absolute Gasteiger partial charge is 0.0302 e. The molecule has 0 aliphatic heterocycles. The summed E-state index contributed by atoms with van der Waals surface area (Å²) in [4.78, 5) is 0. The molecular weight excluding hydrogens is 204 g/mol. The van der Waals surface area contributed by atoms with Gasteiger partial charge in [-0.05, 0) is 45.4 Å². The van der Waals surface area contributed by atoms with Crippen molar-refractivity contribution >= 4 is 0 Å². The average molecular weight is 240 g/mol. The van der Waals surface area contributed by atoms with E-state index in [9.17, 15) is 0 Å². The van der Waals surface area contributed by atoms with Crippen LogP contribution in [0.1, 0.15) is 81.6 Å². The number of hydrogen-bond donors (Lipinski definition) is 0. The van der Waals surface area contributed by atoms with Gasteiger partial charge >= 0.3 is 0 Å². The molecule has 0 saturated heterocycles. The monoisotopic (exact) mass is 240 g/mol. The van der Waals surface area contributed by atoms with E-state index in [1.165, 1.54) is 24.0 Å². The lowest BCUT2D eigenvalue weighted by Gasteiger charge is -2.23. The van der Waals surface area contributed by atoms with Gasteiger partial charge in [0.25, 0.3) is 0 Å². The maximum Gasteiger partial charge on any atom is -0.0302 e. The van der Waals surface area contributed by atoms with Gasteiger partial charge in [-0.1, -0.05) is 58.8 Å². The number of hydrogen-bond acceptors (Lipinski definition) is 0. The molecule has 0 saturated carbocycles. The largest absolute Gasteiger partial charge is 0.103 e. The third-order valence-corrected chi connectivity index (χ3v) is 2.73. The summed E-state index contributed by atoms with van der Waals surface area (Å²) in [6.45, 7) is 23.0. The Labute approximate surface area is 111 Å². The van der Waals surface area contributed by atoms with E-state index in [4.69, 9.17) is 0 Å². The predicted octanol–water partition coefficient (Wildman–Crippen LogP) is 6.78. The molecule has 0 rings (SSSR count). The zero-order valence-electron chi connectivity index (χ0n) is 13.9. The van der Waals surface area contributed by atoms with Crippen LogP contribution in [-0.4, -0.2) is 0 Å². The van der Waals surface area contributed by atoms with E-state index in [2.05, 4.69) is 41.2 Å². The molecule has 0 bridgehead atoms. The average Bonchev–Trinajstić information content (AvgIpc) is 2.31. The Hall–Kier alpha value is -0.520. The van der Waals surface area contributed by atoms with Crippen molar-refractivity contribution in [1.82, 2.24) is 0 Å². The zero-order chi connectivity index (χ0) is 14.5. The van der Waals surface area contributed by atoms with Crippen LogP contribution >= 0.6 is 0 Å². The standard InChI is InChI=1S/C13H24.2C2H6/c1-7-9-13(5,6)10-8-12(4)11(2)3;2*1-2/h7H,1,8-10H2,2-6H3;2*1-2H3. The van der Waals surface area contributed by atoms with Gasteiger partial charge in [-0.3, -0.25) is 0 Å². The molecule has 0 aromatic heterocycles. The Balaban J connectivity index is -0.000000439. The SMILES string of the molecule is C=CCC(C)(C)CCC(C)=C(C)C.CC.CC. The third-order valence-electron chi connectivity index (χ3n) is 2.73. The van der Waals surface area contributed by atoms with Crippen LogP contribution in [0.2, 0.25) is 0 Å². The molecule has 0 nitrogen and oxygen atoms in total. The highest BCUT2D eigenvalue weighted by Crippen LogP contribution is 2.29. The van der Waals surface area contributed by atoms with Gasteiger partial charge in [-0.2, -0.15) is 0 Å². The molecule has 0 aliphatic carbocycles. The molecule has 0 aromatic rings. The molecule has 0 aliphatic rings. The Morgan fingerprint density at radius 2 is 1.41 bits per heavy atom. The fourth-order valence-corrected chi connectivity index (χ4v) is 1.27. The molecule has 0 heteroatoms. The summed E-state index contributed by atoms with van der Waals surface area (Å²) in [5, 5.41) is 0. The van der Waals surface area contributed by atoms with Crippen molar-refractivity contribution in [3.63, 3.8) is 0 Å². The maximum absolute atomic E-state index is 3.80. The minimum atomic E-state index is 0.415. The van der Waals surface area contributed by atoms with Gasteiger partial charge in [0.15, 0.2) is 0 Å². The van der Waals surface area contributed by atoms with Crippen LogP contribution in [0.3, 0.4) is 0 Å². The highest BCUT2D eigenvalue weighted by atomic mass is 14.2. The molecule has 0 amide bonds. The van der Waals surface area contributed by atoms with Crippen LogP contribution in [0.25, 0.3) is 0 Å². The summed E-state index contributed by atoms with van der Waals surface area (Å²) in [7, 11) is 0. The zero-order valence-corrected chi connectivity index (χ0v) is 13.9. The molecular formula is C17H36. The van der Waals surface area contributed by atoms with Crippen LogP contribution in [0, 0.1) is 5.41 Å². The molecule has 104 valence electrons. The van der Waals surface area contributed by atoms with Crippen LogP contribution in [-0.2, 0) is 0 Å². The quantitative estimate of drug-likeness (QED) is 0.465. The molecule has 0 aromatic carbocycles. The van der Waals surface area contributed by atoms with E-state index in [0.717, 1.165) is 6.42 Å². The first-order chi connectivity index (χ1) is 7.89. The van der Waals surface area contributed by atoms with Crippen LogP contribution in [0.15, 0.2) is 23.8 Å². The first kappa shape index (κ1) is 21.7. The van der Waals surface area contributed by atoms with E-state index in [0.29, 0.717) is 5.41 Å². The Morgan fingerprint density at radius 1 is 1.00 bits per heavy atom. The summed E-state index contributed by atoms with van der Waals surface area (Å²) in [6.07, 6.45) is 5.63.